The first-order valence-electron chi connectivity index (χ1n) is 8.13. The zero-order valence-electron chi connectivity index (χ0n) is 14.6. The summed E-state index contributed by atoms with van der Waals surface area (Å²) < 4.78 is 39.1. The lowest BCUT2D eigenvalue weighted by Crippen LogP contribution is -2.23. The van der Waals surface area contributed by atoms with Crippen LogP contribution in [0.15, 0.2) is 82.2 Å². The first-order valence-corrected chi connectivity index (χ1v) is 10.4. The molecule has 5 nitrogen and oxygen atoms in total. The van der Waals surface area contributed by atoms with Crippen molar-refractivity contribution in [3.63, 3.8) is 0 Å². The molecule has 0 saturated carbocycles. The molecule has 0 aliphatic heterocycles. The molecular formula is C20H18BrNO4S. The van der Waals surface area contributed by atoms with E-state index in [9.17, 15) is 8.42 Å². The van der Waals surface area contributed by atoms with Gasteiger partial charge in [-0.25, -0.2) is 13.1 Å². The van der Waals surface area contributed by atoms with Gasteiger partial charge >= 0.3 is 0 Å². The Morgan fingerprint density at radius 1 is 0.926 bits per heavy atom. The van der Waals surface area contributed by atoms with Crippen molar-refractivity contribution in [3.05, 3.63) is 82.8 Å². The highest BCUT2D eigenvalue weighted by Gasteiger charge is 2.15. The number of hydrogen-bond acceptors (Lipinski definition) is 4. The number of halogens is 1. The summed E-state index contributed by atoms with van der Waals surface area (Å²) in [4.78, 5) is 0.159. The summed E-state index contributed by atoms with van der Waals surface area (Å²) >= 11 is 3.30. The van der Waals surface area contributed by atoms with Crippen LogP contribution >= 0.6 is 15.9 Å². The number of hydrogen-bond donors (Lipinski definition) is 1. The van der Waals surface area contributed by atoms with Crippen LogP contribution in [0.2, 0.25) is 0 Å². The molecule has 0 aliphatic carbocycles. The lowest BCUT2D eigenvalue weighted by atomic mass is 10.2. The maximum absolute atomic E-state index is 12.5. The topological polar surface area (TPSA) is 64.6 Å². The summed E-state index contributed by atoms with van der Waals surface area (Å²) in [5.74, 6) is 1.93. The molecule has 0 aliphatic rings. The van der Waals surface area contributed by atoms with E-state index in [4.69, 9.17) is 9.47 Å². The first-order chi connectivity index (χ1) is 13.0. The molecule has 0 spiro atoms. The van der Waals surface area contributed by atoms with E-state index in [2.05, 4.69) is 20.7 Å². The molecular weight excluding hydrogens is 430 g/mol. The van der Waals surface area contributed by atoms with Crippen LogP contribution in [0.4, 0.5) is 0 Å². The third-order valence-electron chi connectivity index (χ3n) is 3.78. The van der Waals surface area contributed by atoms with Crippen LogP contribution in [0, 0.1) is 0 Å². The second-order valence-electron chi connectivity index (χ2n) is 5.68. The van der Waals surface area contributed by atoms with Gasteiger partial charge in [-0.2, -0.15) is 0 Å². The minimum atomic E-state index is -3.65. The van der Waals surface area contributed by atoms with Crippen LogP contribution in [-0.4, -0.2) is 15.5 Å². The predicted molar refractivity (Wildman–Crippen MR) is 108 cm³/mol. The third kappa shape index (κ3) is 5.09. The van der Waals surface area contributed by atoms with Crippen molar-refractivity contribution in [1.82, 2.24) is 4.72 Å². The van der Waals surface area contributed by atoms with Gasteiger partial charge in [0.15, 0.2) is 0 Å². The van der Waals surface area contributed by atoms with Gasteiger partial charge in [-0.1, -0.05) is 30.3 Å². The SMILES string of the molecule is COc1ccc(S(=O)(=O)NCc2cccc(Oc3ccccc3)c2)cc1Br. The minimum Gasteiger partial charge on any atom is -0.496 e. The molecule has 1 N–H and O–H groups in total. The van der Waals surface area contributed by atoms with E-state index in [0.717, 1.165) is 11.3 Å². The van der Waals surface area contributed by atoms with Crippen molar-refractivity contribution in [2.75, 3.05) is 7.11 Å². The Hall–Kier alpha value is -2.35. The van der Waals surface area contributed by atoms with Gasteiger partial charge in [0.1, 0.15) is 17.2 Å². The maximum Gasteiger partial charge on any atom is 0.240 e. The molecule has 7 heteroatoms. The fourth-order valence-electron chi connectivity index (χ4n) is 2.42. The molecule has 0 amide bonds. The van der Waals surface area contributed by atoms with E-state index in [1.54, 1.807) is 12.1 Å². The zero-order chi connectivity index (χ0) is 19.3. The first kappa shape index (κ1) is 19.4. The summed E-state index contributed by atoms with van der Waals surface area (Å²) in [6, 6.07) is 21.3. The monoisotopic (exact) mass is 447 g/mol. The highest BCUT2D eigenvalue weighted by atomic mass is 79.9. The summed E-state index contributed by atoms with van der Waals surface area (Å²) in [7, 11) is -2.13. The van der Waals surface area contributed by atoms with Gasteiger partial charge in [-0.15, -0.1) is 0 Å². The van der Waals surface area contributed by atoms with E-state index < -0.39 is 10.0 Å². The van der Waals surface area contributed by atoms with Crippen LogP contribution in [0.1, 0.15) is 5.56 Å². The quantitative estimate of drug-likeness (QED) is 0.568. The van der Waals surface area contributed by atoms with Crippen molar-refractivity contribution < 1.29 is 17.9 Å². The highest BCUT2D eigenvalue weighted by Crippen LogP contribution is 2.27. The summed E-state index contributed by atoms with van der Waals surface area (Å²) in [6.07, 6.45) is 0. The normalized spacial score (nSPS) is 11.2. The van der Waals surface area contributed by atoms with Crippen LogP contribution in [0.25, 0.3) is 0 Å². The van der Waals surface area contributed by atoms with E-state index in [-0.39, 0.29) is 11.4 Å². The fourth-order valence-corrected chi connectivity index (χ4v) is 4.16. The van der Waals surface area contributed by atoms with E-state index in [1.165, 1.54) is 19.2 Å². The smallest absolute Gasteiger partial charge is 0.240 e. The summed E-state index contributed by atoms with van der Waals surface area (Å²) in [5.41, 5.74) is 0.791. The fraction of sp³-hybridized carbons (Fsp3) is 0.100. The molecule has 3 rings (SSSR count). The molecule has 0 fully saturated rings. The van der Waals surface area contributed by atoms with E-state index in [0.29, 0.717) is 16.0 Å². The number of ether oxygens (including phenoxy) is 2. The second kappa shape index (κ2) is 8.56. The molecule has 0 unspecified atom stereocenters. The van der Waals surface area contributed by atoms with E-state index in [1.807, 2.05) is 48.5 Å². The van der Waals surface area contributed by atoms with Crippen molar-refractivity contribution in [2.45, 2.75) is 11.4 Å². The molecule has 0 saturated heterocycles. The van der Waals surface area contributed by atoms with Crippen LogP contribution in [0.3, 0.4) is 0 Å². The van der Waals surface area contributed by atoms with Crippen molar-refractivity contribution >= 4 is 26.0 Å². The summed E-state index contributed by atoms with van der Waals surface area (Å²) in [5, 5.41) is 0. The largest absolute Gasteiger partial charge is 0.496 e. The Morgan fingerprint density at radius 2 is 1.67 bits per heavy atom. The predicted octanol–water partition coefficient (Wildman–Crippen LogP) is 4.73. The molecule has 3 aromatic rings. The number of para-hydroxylation sites is 1. The van der Waals surface area contributed by atoms with Crippen molar-refractivity contribution in [2.24, 2.45) is 0 Å². The third-order valence-corrected chi connectivity index (χ3v) is 5.80. The second-order valence-corrected chi connectivity index (χ2v) is 8.30. The number of benzene rings is 3. The van der Waals surface area contributed by atoms with E-state index >= 15 is 0 Å². The molecule has 0 bridgehead atoms. The number of methoxy groups -OCH3 is 1. The van der Waals surface area contributed by atoms with Crippen LogP contribution in [-0.2, 0) is 16.6 Å². The van der Waals surface area contributed by atoms with Gasteiger partial charge in [0.05, 0.1) is 16.5 Å². The molecule has 140 valence electrons. The van der Waals surface area contributed by atoms with Gasteiger partial charge in [0.25, 0.3) is 0 Å². The molecule has 0 radical (unpaired) electrons. The maximum atomic E-state index is 12.5. The van der Waals surface area contributed by atoms with Gasteiger partial charge in [0.2, 0.25) is 10.0 Å². The minimum absolute atomic E-state index is 0.151. The average Bonchev–Trinajstić information content (AvgIpc) is 2.67. The number of rotatable bonds is 7. The molecule has 27 heavy (non-hydrogen) atoms. The lowest BCUT2D eigenvalue weighted by Gasteiger charge is -2.10. The molecule has 0 atom stereocenters. The van der Waals surface area contributed by atoms with Gasteiger partial charge in [0, 0.05) is 6.54 Å². The Labute approximate surface area is 167 Å². The average molecular weight is 448 g/mol. The van der Waals surface area contributed by atoms with Crippen molar-refractivity contribution in [1.29, 1.82) is 0 Å². The number of nitrogens with one attached hydrogen (secondary N) is 1. The van der Waals surface area contributed by atoms with Crippen LogP contribution < -0.4 is 14.2 Å². The van der Waals surface area contributed by atoms with Crippen molar-refractivity contribution in [3.8, 4) is 17.2 Å². The van der Waals surface area contributed by atoms with Gasteiger partial charge in [-0.05, 0) is 64.0 Å². The molecule has 3 aromatic carbocycles. The standard InChI is InChI=1S/C20H18BrNO4S/c1-25-20-11-10-18(13-19(20)21)27(23,24)22-14-15-6-5-9-17(12-15)26-16-7-3-2-4-8-16/h2-13,22H,14H2,1H3. The summed E-state index contributed by atoms with van der Waals surface area (Å²) in [6.45, 7) is 0.151. The lowest BCUT2D eigenvalue weighted by molar-refractivity contribution is 0.411. The number of sulfonamides is 1. The van der Waals surface area contributed by atoms with Gasteiger partial charge < -0.3 is 9.47 Å². The molecule has 0 heterocycles. The Kier molecular flexibility index (Phi) is 6.15. The Morgan fingerprint density at radius 3 is 2.37 bits per heavy atom. The highest BCUT2D eigenvalue weighted by molar-refractivity contribution is 9.10. The molecule has 0 aromatic heterocycles. The van der Waals surface area contributed by atoms with Gasteiger partial charge in [-0.3, -0.25) is 0 Å². The van der Waals surface area contributed by atoms with Crippen LogP contribution in [0.5, 0.6) is 17.2 Å². The Bertz CT molecular complexity index is 1020. The Balaban J connectivity index is 1.70. The zero-order valence-corrected chi connectivity index (χ0v) is 17.0.